The van der Waals surface area contributed by atoms with Crippen molar-refractivity contribution < 1.29 is 23.1 Å². The van der Waals surface area contributed by atoms with E-state index in [2.05, 4.69) is 0 Å². The molecular weight excluding hydrogens is 438 g/mol. The number of rotatable bonds is 4. The van der Waals surface area contributed by atoms with Crippen LogP contribution < -0.4 is 5.73 Å². The molecule has 1 aliphatic rings. The summed E-state index contributed by atoms with van der Waals surface area (Å²) in [4.78, 5) is 26.4. The van der Waals surface area contributed by atoms with Crippen molar-refractivity contribution in [3.05, 3.63) is 64.7 Å². The van der Waals surface area contributed by atoms with Gasteiger partial charge in [-0.2, -0.15) is 0 Å². The molecule has 0 radical (unpaired) electrons. The Labute approximate surface area is 199 Å². The first-order chi connectivity index (χ1) is 15.9. The van der Waals surface area contributed by atoms with Crippen LogP contribution in [0.5, 0.6) is 0 Å². The molecule has 0 bridgehead atoms. The van der Waals surface area contributed by atoms with E-state index < -0.39 is 23.1 Å². The quantitative estimate of drug-likeness (QED) is 0.588. The highest BCUT2D eigenvalue weighted by atomic mass is 19.1. The molecule has 2 aromatic rings. The van der Waals surface area contributed by atoms with Gasteiger partial charge in [0.25, 0.3) is 0 Å². The van der Waals surface area contributed by atoms with Gasteiger partial charge in [0.2, 0.25) is 5.91 Å². The number of allylic oxidation sites excluding steroid dienone is 2. The van der Waals surface area contributed by atoms with Gasteiger partial charge in [0, 0.05) is 30.3 Å². The zero-order valence-corrected chi connectivity index (χ0v) is 20.4. The van der Waals surface area contributed by atoms with E-state index in [-0.39, 0.29) is 17.6 Å². The van der Waals surface area contributed by atoms with E-state index in [0.29, 0.717) is 29.8 Å². The van der Waals surface area contributed by atoms with Gasteiger partial charge in [-0.05, 0) is 99.9 Å². The van der Waals surface area contributed by atoms with Crippen molar-refractivity contribution in [3.63, 3.8) is 0 Å². The standard InChI is InChI=1S/C27H32F2N2O3/c1-6-20(17-9-11-31(12-10-17)26(33)34-27(3,4)5)22-13-18(14-23(16(22)2)25(30)32)21-8-7-19(28)15-24(21)29/h6-8,13-15,17H,9-12H2,1-5H3,(H2,30,32)/b20-6-. The van der Waals surface area contributed by atoms with Crippen LogP contribution in [-0.2, 0) is 4.74 Å². The van der Waals surface area contributed by atoms with Crippen molar-refractivity contribution in [3.8, 4) is 11.1 Å². The normalized spacial score (nSPS) is 15.4. The molecule has 2 amide bonds. The number of amides is 2. The lowest BCUT2D eigenvalue weighted by Crippen LogP contribution is -2.41. The predicted octanol–water partition coefficient (Wildman–Crippen LogP) is 6.09. The summed E-state index contributed by atoms with van der Waals surface area (Å²) in [6.07, 6.45) is 3.11. The van der Waals surface area contributed by atoms with Gasteiger partial charge in [-0.1, -0.05) is 6.08 Å². The molecule has 0 aromatic heterocycles. The van der Waals surface area contributed by atoms with Crippen LogP contribution in [0.1, 0.15) is 62.0 Å². The zero-order valence-electron chi connectivity index (χ0n) is 20.4. The monoisotopic (exact) mass is 470 g/mol. The fourth-order valence-electron chi connectivity index (χ4n) is 4.46. The Morgan fingerprint density at radius 2 is 1.71 bits per heavy atom. The summed E-state index contributed by atoms with van der Waals surface area (Å²) in [5.41, 5.74) is 8.55. The second kappa shape index (κ2) is 9.95. The minimum absolute atomic E-state index is 0.136. The van der Waals surface area contributed by atoms with Crippen LogP contribution in [0.15, 0.2) is 36.4 Å². The summed E-state index contributed by atoms with van der Waals surface area (Å²) in [5.74, 6) is -1.86. The van der Waals surface area contributed by atoms with Crippen LogP contribution in [0.3, 0.4) is 0 Å². The van der Waals surface area contributed by atoms with Gasteiger partial charge in [-0.25, -0.2) is 13.6 Å². The summed E-state index contributed by atoms with van der Waals surface area (Å²) in [7, 11) is 0. The first-order valence-electron chi connectivity index (χ1n) is 11.5. The minimum Gasteiger partial charge on any atom is -0.444 e. The molecule has 0 saturated carbocycles. The number of benzene rings is 2. The van der Waals surface area contributed by atoms with E-state index in [4.69, 9.17) is 10.5 Å². The van der Waals surface area contributed by atoms with Gasteiger partial charge in [0.1, 0.15) is 17.2 Å². The maximum absolute atomic E-state index is 14.6. The Bertz CT molecular complexity index is 1130. The van der Waals surface area contributed by atoms with Gasteiger partial charge in [-0.15, -0.1) is 0 Å². The highest BCUT2D eigenvalue weighted by Crippen LogP contribution is 2.37. The van der Waals surface area contributed by atoms with Crippen LogP contribution in [0.25, 0.3) is 16.7 Å². The molecule has 1 fully saturated rings. The van der Waals surface area contributed by atoms with Gasteiger partial charge in [-0.3, -0.25) is 4.79 Å². The molecule has 2 N–H and O–H groups in total. The smallest absolute Gasteiger partial charge is 0.410 e. The first-order valence-corrected chi connectivity index (χ1v) is 11.5. The highest BCUT2D eigenvalue weighted by molar-refractivity contribution is 5.97. The molecule has 1 aliphatic heterocycles. The van der Waals surface area contributed by atoms with Gasteiger partial charge >= 0.3 is 6.09 Å². The molecule has 1 heterocycles. The number of carbonyl (C=O) groups excluding carboxylic acids is 2. The van der Waals surface area contributed by atoms with Gasteiger partial charge in [0.05, 0.1) is 0 Å². The summed E-state index contributed by atoms with van der Waals surface area (Å²) in [6, 6.07) is 6.74. The molecule has 5 nitrogen and oxygen atoms in total. The Morgan fingerprint density at radius 3 is 2.24 bits per heavy atom. The number of primary amides is 1. The van der Waals surface area contributed by atoms with E-state index in [1.807, 2.05) is 46.8 Å². The molecule has 7 heteroatoms. The molecule has 1 saturated heterocycles. The van der Waals surface area contributed by atoms with Crippen molar-refractivity contribution >= 4 is 17.6 Å². The van der Waals surface area contributed by atoms with Crippen molar-refractivity contribution in [2.75, 3.05) is 13.1 Å². The number of hydrogen-bond donors (Lipinski definition) is 1. The lowest BCUT2D eigenvalue weighted by Gasteiger charge is -2.35. The lowest BCUT2D eigenvalue weighted by molar-refractivity contribution is 0.0199. The largest absolute Gasteiger partial charge is 0.444 e. The Morgan fingerprint density at radius 1 is 1.09 bits per heavy atom. The van der Waals surface area contributed by atoms with Crippen molar-refractivity contribution in [2.24, 2.45) is 11.7 Å². The SMILES string of the molecule is C/C=C(\c1cc(-c2ccc(F)cc2F)cc(C(N)=O)c1C)C1CCN(C(=O)OC(C)(C)C)CC1. The molecule has 2 aromatic carbocycles. The maximum Gasteiger partial charge on any atom is 0.410 e. The minimum atomic E-state index is -0.710. The molecular formula is C27H32F2N2O3. The van der Waals surface area contributed by atoms with Crippen molar-refractivity contribution in [2.45, 2.75) is 53.1 Å². The average molecular weight is 471 g/mol. The Hall–Kier alpha value is -3.22. The topological polar surface area (TPSA) is 72.6 Å². The summed E-state index contributed by atoms with van der Waals surface area (Å²) in [6.45, 7) is 10.3. The number of carbonyl (C=O) groups is 2. The third-order valence-electron chi connectivity index (χ3n) is 6.12. The second-order valence-corrected chi connectivity index (χ2v) is 9.67. The zero-order chi connectivity index (χ0) is 25.2. The van der Waals surface area contributed by atoms with E-state index in [1.54, 1.807) is 11.0 Å². The third kappa shape index (κ3) is 5.64. The second-order valence-electron chi connectivity index (χ2n) is 9.67. The predicted molar refractivity (Wildman–Crippen MR) is 129 cm³/mol. The van der Waals surface area contributed by atoms with Crippen LogP contribution in [0, 0.1) is 24.5 Å². The van der Waals surface area contributed by atoms with Crippen LogP contribution in [-0.4, -0.2) is 35.6 Å². The molecule has 0 spiro atoms. The highest BCUT2D eigenvalue weighted by Gasteiger charge is 2.29. The number of nitrogens with two attached hydrogens (primary N) is 1. The van der Waals surface area contributed by atoms with E-state index >= 15 is 0 Å². The van der Waals surface area contributed by atoms with E-state index in [1.165, 1.54) is 12.1 Å². The molecule has 0 aliphatic carbocycles. The van der Waals surface area contributed by atoms with Crippen LogP contribution >= 0.6 is 0 Å². The fraction of sp³-hybridized carbons (Fsp3) is 0.407. The number of likely N-dealkylation sites (tertiary alicyclic amines) is 1. The number of ether oxygens (including phenoxy) is 1. The Balaban J connectivity index is 1.94. The average Bonchev–Trinajstić information content (AvgIpc) is 2.74. The number of hydrogen-bond acceptors (Lipinski definition) is 3. The van der Waals surface area contributed by atoms with Crippen molar-refractivity contribution in [1.82, 2.24) is 4.90 Å². The van der Waals surface area contributed by atoms with Gasteiger partial charge in [0.15, 0.2) is 0 Å². The molecule has 3 rings (SSSR count). The fourth-order valence-corrected chi connectivity index (χ4v) is 4.46. The summed E-state index contributed by atoms with van der Waals surface area (Å²) in [5, 5.41) is 0. The number of piperidine rings is 1. The molecule has 0 atom stereocenters. The summed E-state index contributed by atoms with van der Waals surface area (Å²) < 4.78 is 33.5. The van der Waals surface area contributed by atoms with Crippen LogP contribution in [0.4, 0.5) is 13.6 Å². The number of nitrogens with zero attached hydrogens (tertiary/aromatic N) is 1. The number of halogens is 2. The van der Waals surface area contributed by atoms with Crippen LogP contribution in [0.2, 0.25) is 0 Å². The molecule has 34 heavy (non-hydrogen) atoms. The van der Waals surface area contributed by atoms with Gasteiger partial charge < -0.3 is 15.4 Å². The first kappa shape index (κ1) is 25.4. The maximum atomic E-state index is 14.6. The molecule has 182 valence electrons. The van der Waals surface area contributed by atoms with E-state index in [0.717, 1.165) is 30.0 Å². The third-order valence-corrected chi connectivity index (χ3v) is 6.12. The van der Waals surface area contributed by atoms with Crippen molar-refractivity contribution in [1.29, 1.82) is 0 Å². The summed E-state index contributed by atoms with van der Waals surface area (Å²) >= 11 is 0. The lowest BCUT2D eigenvalue weighted by atomic mass is 9.81. The Kier molecular flexibility index (Phi) is 7.44. The van der Waals surface area contributed by atoms with E-state index in [9.17, 15) is 18.4 Å². The molecule has 0 unspecified atom stereocenters.